The molecule has 1 atom stereocenters. The number of likely N-dealkylation sites (tertiary alicyclic amines) is 1. The number of imide groups is 2. The number of benzene rings is 2. The van der Waals surface area contributed by atoms with Crippen molar-refractivity contribution >= 4 is 58.6 Å². The number of methoxy groups -OCH3 is 1. The Kier molecular flexibility index (Phi) is 10.3. The molecular weight excluding hydrogens is 756 g/mol. The highest BCUT2D eigenvalue weighted by Crippen LogP contribution is 2.40. The quantitative estimate of drug-likeness (QED) is 0.269. The Hall–Kier alpha value is -6.04. The minimum Gasteiger partial charge on any atom is -0.495 e. The maximum atomic E-state index is 15.0. The molecule has 4 aliphatic heterocycles. The molecule has 3 N–H and O–H groups in total. The first-order valence-corrected chi connectivity index (χ1v) is 19.4. The van der Waals surface area contributed by atoms with Gasteiger partial charge in [-0.15, -0.1) is 0 Å². The molecule has 6 amide bonds. The number of anilines is 4. The molecule has 8 rings (SSSR count). The predicted octanol–water partition coefficient (Wildman–Crippen LogP) is 3.39. The molecule has 2 aromatic carbocycles. The number of rotatable bonds is 9. The second kappa shape index (κ2) is 15.4. The molecule has 1 aromatic heterocycles. The minimum absolute atomic E-state index is 0.0431. The Morgan fingerprint density at radius 3 is 2.48 bits per heavy atom. The fourth-order valence-corrected chi connectivity index (χ4v) is 8.62. The lowest BCUT2D eigenvalue weighted by atomic mass is 9.99. The van der Waals surface area contributed by atoms with Gasteiger partial charge in [-0.3, -0.25) is 43.9 Å². The van der Waals surface area contributed by atoms with E-state index in [4.69, 9.17) is 4.74 Å². The number of hydrogen-bond donors (Lipinski definition) is 3. The van der Waals surface area contributed by atoms with E-state index in [-0.39, 0.29) is 59.4 Å². The van der Waals surface area contributed by atoms with Crippen LogP contribution in [0.4, 0.5) is 31.9 Å². The molecule has 3 fully saturated rings. The first kappa shape index (κ1) is 38.8. The summed E-state index contributed by atoms with van der Waals surface area (Å²) in [6.45, 7) is 0.841. The van der Waals surface area contributed by atoms with E-state index in [0.29, 0.717) is 67.9 Å². The normalized spacial score (nSPS) is 21.5. The van der Waals surface area contributed by atoms with Gasteiger partial charge in [0.25, 0.3) is 23.6 Å². The molecule has 1 saturated carbocycles. The first-order valence-electron chi connectivity index (χ1n) is 19.4. The van der Waals surface area contributed by atoms with Crippen LogP contribution in [0.1, 0.15) is 88.0 Å². The third kappa shape index (κ3) is 7.20. The lowest BCUT2D eigenvalue weighted by Crippen LogP contribution is -2.54. The number of halogens is 2. The maximum Gasteiger partial charge on any atom is 0.342 e. The van der Waals surface area contributed by atoms with Gasteiger partial charge in [-0.1, -0.05) is 25.0 Å². The number of hydrogen-bond acceptors (Lipinski definition) is 12. The number of fused-ring (bicyclic) bond motifs is 2. The van der Waals surface area contributed by atoms with Crippen LogP contribution in [0.25, 0.3) is 0 Å². The zero-order valence-electron chi connectivity index (χ0n) is 32.1. The van der Waals surface area contributed by atoms with Crippen LogP contribution in [0.15, 0.2) is 42.6 Å². The zero-order chi connectivity index (χ0) is 40.9. The lowest BCUT2D eigenvalue weighted by molar-refractivity contribution is -0.140. The Balaban J connectivity index is 0.900. The zero-order valence-corrected chi connectivity index (χ0v) is 32.1. The molecule has 18 heteroatoms. The summed E-state index contributed by atoms with van der Waals surface area (Å²) < 4.78 is 35.7. The average molecular weight is 800 g/mol. The van der Waals surface area contributed by atoms with Gasteiger partial charge in [0, 0.05) is 50.7 Å². The van der Waals surface area contributed by atoms with E-state index in [1.807, 2.05) is 0 Å². The van der Waals surface area contributed by atoms with Crippen LogP contribution < -0.4 is 30.5 Å². The van der Waals surface area contributed by atoms with Gasteiger partial charge >= 0.3 is 5.92 Å². The molecule has 0 radical (unpaired) electrons. The van der Waals surface area contributed by atoms with Crippen molar-refractivity contribution in [1.82, 2.24) is 30.4 Å². The summed E-state index contributed by atoms with van der Waals surface area (Å²) in [5.41, 5.74) is 2.16. The summed E-state index contributed by atoms with van der Waals surface area (Å²) in [6, 6.07) is 8.59. The minimum atomic E-state index is -3.60. The molecule has 1 aliphatic carbocycles. The van der Waals surface area contributed by atoms with Crippen molar-refractivity contribution in [3.8, 4) is 5.75 Å². The van der Waals surface area contributed by atoms with E-state index in [2.05, 4.69) is 30.8 Å². The van der Waals surface area contributed by atoms with Crippen LogP contribution in [-0.4, -0.2) is 113 Å². The highest BCUT2D eigenvalue weighted by molar-refractivity contribution is 6.24. The Morgan fingerprint density at radius 2 is 1.76 bits per heavy atom. The number of piperidine rings is 2. The predicted molar refractivity (Wildman–Crippen MR) is 205 cm³/mol. The van der Waals surface area contributed by atoms with Crippen LogP contribution in [0.5, 0.6) is 5.75 Å². The van der Waals surface area contributed by atoms with Crippen molar-refractivity contribution in [2.24, 2.45) is 0 Å². The average Bonchev–Trinajstić information content (AvgIpc) is 3.82. The van der Waals surface area contributed by atoms with E-state index >= 15 is 8.78 Å². The molecule has 5 aliphatic rings. The topological polar surface area (TPSA) is 186 Å². The molecule has 304 valence electrons. The van der Waals surface area contributed by atoms with Crippen LogP contribution in [0.3, 0.4) is 0 Å². The van der Waals surface area contributed by atoms with Crippen molar-refractivity contribution in [3.63, 3.8) is 0 Å². The number of carbonyl (C=O) groups excluding carboxylic acids is 6. The number of alkyl halides is 2. The van der Waals surface area contributed by atoms with Crippen molar-refractivity contribution in [2.75, 3.05) is 48.9 Å². The van der Waals surface area contributed by atoms with Crippen LogP contribution in [0, 0.1) is 0 Å². The second-order valence-electron chi connectivity index (χ2n) is 15.4. The van der Waals surface area contributed by atoms with Crippen molar-refractivity contribution in [3.05, 3.63) is 64.8 Å². The Bertz CT molecular complexity index is 2210. The third-order valence-electron chi connectivity index (χ3n) is 11.7. The van der Waals surface area contributed by atoms with Crippen molar-refractivity contribution in [2.45, 2.75) is 82.0 Å². The van der Waals surface area contributed by atoms with Gasteiger partial charge in [0.15, 0.2) is 5.82 Å². The van der Waals surface area contributed by atoms with E-state index < -0.39 is 48.0 Å². The largest absolute Gasteiger partial charge is 0.495 e. The molecule has 3 aromatic rings. The molecule has 1 unspecified atom stereocenters. The summed E-state index contributed by atoms with van der Waals surface area (Å²) in [5, 5.41) is 8.41. The molecule has 0 spiro atoms. The fourth-order valence-electron chi connectivity index (χ4n) is 8.62. The number of ether oxygens (including phenoxy) is 1. The Labute approximate surface area is 332 Å². The molecule has 58 heavy (non-hydrogen) atoms. The summed E-state index contributed by atoms with van der Waals surface area (Å²) in [4.78, 5) is 91.6. The number of nitrogens with one attached hydrogen (secondary N) is 3. The number of amides is 6. The van der Waals surface area contributed by atoms with Gasteiger partial charge in [-0.25, -0.2) is 4.98 Å². The van der Waals surface area contributed by atoms with Crippen molar-refractivity contribution < 1.29 is 42.3 Å². The SMILES string of the molecule is COc1cc(C(=O)NC2CCN(Cc3cccc4c3C(=O)N(C3CCC(=O)NC3=O)C4=O)CC2)ccc1Nc1ncc2c(n1)N(C1CCCC1)CC(F)(F)C(=O)N2C. The van der Waals surface area contributed by atoms with Gasteiger partial charge in [0.1, 0.15) is 17.5 Å². The summed E-state index contributed by atoms with van der Waals surface area (Å²) in [6.07, 6.45) is 5.97. The lowest BCUT2D eigenvalue weighted by Gasteiger charge is -2.32. The van der Waals surface area contributed by atoms with Crippen LogP contribution >= 0.6 is 0 Å². The smallest absolute Gasteiger partial charge is 0.342 e. The van der Waals surface area contributed by atoms with Crippen LogP contribution in [0.2, 0.25) is 0 Å². The van der Waals surface area contributed by atoms with Crippen LogP contribution in [-0.2, 0) is 20.9 Å². The highest BCUT2D eigenvalue weighted by atomic mass is 19.3. The van der Waals surface area contributed by atoms with E-state index in [1.54, 1.807) is 36.4 Å². The second-order valence-corrected chi connectivity index (χ2v) is 15.4. The molecule has 16 nitrogen and oxygen atoms in total. The van der Waals surface area contributed by atoms with E-state index in [1.165, 1.54) is 25.3 Å². The monoisotopic (exact) mass is 799 g/mol. The summed E-state index contributed by atoms with van der Waals surface area (Å²) in [7, 11) is 2.75. The molecular formula is C40H43F2N9O7. The van der Waals surface area contributed by atoms with Gasteiger partial charge in [0.2, 0.25) is 17.8 Å². The third-order valence-corrected chi connectivity index (χ3v) is 11.7. The van der Waals surface area contributed by atoms with Gasteiger partial charge in [-0.2, -0.15) is 13.8 Å². The van der Waals surface area contributed by atoms with E-state index in [0.717, 1.165) is 22.6 Å². The van der Waals surface area contributed by atoms with Gasteiger partial charge < -0.3 is 25.2 Å². The van der Waals surface area contributed by atoms with Crippen molar-refractivity contribution in [1.29, 1.82) is 0 Å². The maximum absolute atomic E-state index is 15.0. The number of nitrogens with zero attached hydrogens (tertiary/aromatic N) is 6. The summed E-state index contributed by atoms with van der Waals surface area (Å²) in [5.74, 6) is -6.71. The van der Waals surface area contributed by atoms with Gasteiger partial charge in [0.05, 0.1) is 36.7 Å². The van der Waals surface area contributed by atoms with Gasteiger partial charge in [-0.05, 0) is 61.9 Å². The Morgan fingerprint density at radius 1 is 1.00 bits per heavy atom. The molecule has 5 heterocycles. The number of carbonyl (C=O) groups is 6. The fraction of sp³-hybridized carbons (Fsp3) is 0.450. The standard InChI is InChI=1S/C40H43F2N9O7/c1-48-29-19-43-39(47-33(29)50(25-7-3-4-8-25)21-40(41,42)38(48)57)45-27-11-10-22(18-30(27)58-2)34(53)44-24-14-16-49(17-15-24)20-23-6-5-9-26-32(23)37(56)51(36(26)55)28-12-13-31(52)46-35(28)54/h5-6,9-11,18-19,24-25,28H,3-4,7-8,12-17,20-21H2,1-2H3,(H,44,53)(H,43,45,47)(H,46,52,54). The molecule has 2 saturated heterocycles. The summed E-state index contributed by atoms with van der Waals surface area (Å²) >= 11 is 0. The molecule has 0 bridgehead atoms. The highest BCUT2D eigenvalue weighted by Gasteiger charge is 2.49. The van der Waals surface area contributed by atoms with E-state index in [9.17, 15) is 28.8 Å². The number of aromatic nitrogens is 2. The first-order chi connectivity index (χ1) is 27.8.